The number of carboxylic acids is 1. The van der Waals surface area contributed by atoms with E-state index < -0.39 is 17.6 Å². The minimum Gasteiger partial charge on any atom is -0.480 e. The Bertz CT molecular complexity index is 335. The molecule has 0 aliphatic heterocycles. The molecule has 1 saturated carbocycles. The zero-order valence-electron chi connectivity index (χ0n) is 11.6. The van der Waals surface area contributed by atoms with Crippen molar-refractivity contribution in [3.05, 3.63) is 0 Å². The van der Waals surface area contributed by atoms with Gasteiger partial charge in [0.25, 0.3) is 0 Å². The first-order chi connectivity index (χ1) is 8.89. The van der Waals surface area contributed by atoms with E-state index in [4.69, 9.17) is 15.6 Å². The lowest BCUT2D eigenvalue weighted by Crippen LogP contribution is -2.59. The minimum atomic E-state index is -1.06. The van der Waals surface area contributed by atoms with Crippen molar-refractivity contribution in [2.45, 2.75) is 50.6 Å². The molecule has 1 fully saturated rings. The highest BCUT2D eigenvalue weighted by atomic mass is 16.5. The number of hydrogen-bond donors (Lipinski definition) is 3. The summed E-state index contributed by atoms with van der Waals surface area (Å²) in [7, 11) is 1.49. The highest BCUT2D eigenvalue weighted by Crippen LogP contribution is 2.30. The van der Waals surface area contributed by atoms with Gasteiger partial charge < -0.3 is 20.9 Å². The van der Waals surface area contributed by atoms with Crippen LogP contribution < -0.4 is 11.1 Å². The van der Waals surface area contributed by atoms with E-state index in [2.05, 4.69) is 12.2 Å². The van der Waals surface area contributed by atoms with Crippen LogP contribution in [0.4, 0.5) is 0 Å². The van der Waals surface area contributed by atoms with E-state index in [1.54, 1.807) is 0 Å². The van der Waals surface area contributed by atoms with Crippen molar-refractivity contribution >= 4 is 11.9 Å². The molecule has 0 spiro atoms. The van der Waals surface area contributed by atoms with Gasteiger partial charge in [0.1, 0.15) is 6.04 Å². The molecule has 19 heavy (non-hydrogen) atoms. The van der Waals surface area contributed by atoms with Crippen molar-refractivity contribution in [1.82, 2.24) is 5.32 Å². The van der Waals surface area contributed by atoms with Gasteiger partial charge in [-0.1, -0.05) is 19.8 Å². The second kappa shape index (κ2) is 6.86. The van der Waals surface area contributed by atoms with Crippen LogP contribution in [0.5, 0.6) is 0 Å². The van der Waals surface area contributed by atoms with Gasteiger partial charge in [-0.25, -0.2) is 4.79 Å². The number of nitrogens with one attached hydrogen (secondary N) is 1. The zero-order chi connectivity index (χ0) is 14.5. The van der Waals surface area contributed by atoms with Crippen molar-refractivity contribution in [3.8, 4) is 0 Å². The summed E-state index contributed by atoms with van der Waals surface area (Å²) >= 11 is 0. The topological polar surface area (TPSA) is 102 Å². The first-order valence-corrected chi connectivity index (χ1v) is 6.70. The number of carbonyl (C=O) groups excluding carboxylic acids is 1. The van der Waals surface area contributed by atoms with Crippen molar-refractivity contribution in [2.75, 3.05) is 13.7 Å². The Labute approximate surface area is 113 Å². The summed E-state index contributed by atoms with van der Waals surface area (Å²) < 4.78 is 4.85. The summed E-state index contributed by atoms with van der Waals surface area (Å²) in [6.07, 6.45) is 3.43. The van der Waals surface area contributed by atoms with E-state index in [9.17, 15) is 9.59 Å². The summed E-state index contributed by atoms with van der Waals surface area (Å²) in [6, 6.07) is -0.940. The van der Waals surface area contributed by atoms with Crippen LogP contribution in [0.2, 0.25) is 0 Å². The van der Waals surface area contributed by atoms with Gasteiger partial charge in [0.05, 0.1) is 5.54 Å². The molecule has 4 N–H and O–H groups in total. The van der Waals surface area contributed by atoms with Gasteiger partial charge in [-0.05, 0) is 18.8 Å². The molecule has 1 aliphatic rings. The fourth-order valence-electron chi connectivity index (χ4n) is 2.59. The lowest BCUT2D eigenvalue weighted by molar-refractivity contribution is -0.143. The van der Waals surface area contributed by atoms with Gasteiger partial charge in [0.2, 0.25) is 5.91 Å². The standard InChI is InChI=1S/C13H24N2O4/c1-9-4-3-6-13(14,8-9)12(18)15-10(11(16)17)5-7-19-2/h9-10H,3-8,14H2,1-2H3,(H,15,18)(H,16,17). The van der Waals surface area contributed by atoms with Crippen LogP contribution in [-0.2, 0) is 14.3 Å². The molecule has 0 bridgehead atoms. The second-order valence-corrected chi connectivity index (χ2v) is 5.50. The molecule has 0 aromatic rings. The number of amides is 1. The van der Waals surface area contributed by atoms with E-state index in [0.29, 0.717) is 18.8 Å². The molecule has 0 radical (unpaired) electrons. The van der Waals surface area contributed by atoms with Gasteiger partial charge >= 0.3 is 5.97 Å². The molecule has 0 heterocycles. The molecule has 110 valence electrons. The summed E-state index contributed by atoms with van der Waals surface area (Å²) in [5, 5.41) is 11.6. The van der Waals surface area contributed by atoms with Crippen LogP contribution in [0.25, 0.3) is 0 Å². The second-order valence-electron chi connectivity index (χ2n) is 5.50. The van der Waals surface area contributed by atoms with Crippen LogP contribution in [0.15, 0.2) is 0 Å². The average molecular weight is 272 g/mol. The lowest BCUT2D eigenvalue weighted by Gasteiger charge is -2.36. The molecule has 0 saturated heterocycles. The first kappa shape index (κ1) is 15.9. The van der Waals surface area contributed by atoms with Gasteiger partial charge in [-0.2, -0.15) is 0 Å². The third-order valence-electron chi connectivity index (χ3n) is 3.70. The van der Waals surface area contributed by atoms with E-state index in [1.165, 1.54) is 7.11 Å². The monoisotopic (exact) mass is 272 g/mol. The van der Waals surface area contributed by atoms with E-state index in [1.807, 2.05) is 0 Å². The van der Waals surface area contributed by atoms with Crippen LogP contribution in [0.1, 0.15) is 39.0 Å². The zero-order valence-corrected chi connectivity index (χ0v) is 11.6. The number of ether oxygens (including phenoxy) is 1. The summed E-state index contributed by atoms with van der Waals surface area (Å²) in [5.74, 6) is -1.02. The largest absolute Gasteiger partial charge is 0.480 e. The Kier molecular flexibility index (Phi) is 5.75. The first-order valence-electron chi connectivity index (χ1n) is 6.70. The molecular formula is C13H24N2O4. The smallest absolute Gasteiger partial charge is 0.326 e. The van der Waals surface area contributed by atoms with Gasteiger partial charge in [-0.3, -0.25) is 4.79 Å². The van der Waals surface area contributed by atoms with Crippen molar-refractivity contribution in [2.24, 2.45) is 11.7 Å². The third-order valence-corrected chi connectivity index (χ3v) is 3.70. The van der Waals surface area contributed by atoms with E-state index >= 15 is 0 Å². The number of carboxylic acid groups (broad SMARTS) is 1. The molecule has 1 amide bonds. The van der Waals surface area contributed by atoms with E-state index in [-0.39, 0.29) is 18.9 Å². The Balaban J connectivity index is 2.62. The van der Waals surface area contributed by atoms with Crippen LogP contribution in [0, 0.1) is 5.92 Å². The van der Waals surface area contributed by atoms with Crippen molar-refractivity contribution < 1.29 is 19.4 Å². The molecule has 0 aromatic carbocycles. The molecule has 1 rings (SSSR count). The third kappa shape index (κ3) is 4.47. The Morgan fingerprint density at radius 1 is 1.58 bits per heavy atom. The molecule has 6 nitrogen and oxygen atoms in total. The quantitative estimate of drug-likeness (QED) is 0.653. The summed E-state index contributed by atoms with van der Waals surface area (Å²) in [4.78, 5) is 23.3. The highest BCUT2D eigenvalue weighted by Gasteiger charge is 2.39. The van der Waals surface area contributed by atoms with Crippen LogP contribution in [-0.4, -0.2) is 42.3 Å². The number of carbonyl (C=O) groups is 2. The predicted molar refractivity (Wildman–Crippen MR) is 70.6 cm³/mol. The highest BCUT2D eigenvalue weighted by molar-refractivity contribution is 5.90. The molecular weight excluding hydrogens is 248 g/mol. The van der Waals surface area contributed by atoms with Gasteiger partial charge in [0.15, 0.2) is 0 Å². The fourth-order valence-corrected chi connectivity index (χ4v) is 2.59. The van der Waals surface area contributed by atoms with Gasteiger partial charge in [0, 0.05) is 20.1 Å². The number of rotatable bonds is 6. The Morgan fingerprint density at radius 2 is 2.26 bits per heavy atom. The fraction of sp³-hybridized carbons (Fsp3) is 0.846. The van der Waals surface area contributed by atoms with Gasteiger partial charge in [-0.15, -0.1) is 0 Å². The minimum absolute atomic E-state index is 0.239. The maximum atomic E-state index is 12.2. The Morgan fingerprint density at radius 3 is 2.79 bits per heavy atom. The molecule has 3 atom stereocenters. The molecule has 6 heteroatoms. The van der Waals surface area contributed by atoms with Crippen LogP contribution in [0.3, 0.4) is 0 Å². The maximum Gasteiger partial charge on any atom is 0.326 e. The van der Waals surface area contributed by atoms with Crippen LogP contribution >= 0.6 is 0 Å². The summed E-state index contributed by atoms with van der Waals surface area (Å²) in [5.41, 5.74) is 5.20. The van der Waals surface area contributed by atoms with E-state index in [0.717, 1.165) is 12.8 Å². The number of hydrogen-bond acceptors (Lipinski definition) is 4. The van der Waals surface area contributed by atoms with Crippen molar-refractivity contribution in [3.63, 3.8) is 0 Å². The van der Waals surface area contributed by atoms with Crippen molar-refractivity contribution in [1.29, 1.82) is 0 Å². The Hall–Kier alpha value is -1.14. The maximum absolute atomic E-state index is 12.2. The number of aliphatic carboxylic acids is 1. The average Bonchev–Trinajstić information content (AvgIpc) is 2.33. The number of nitrogens with two attached hydrogens (primary N) is 1. The SMILES string of the molecule is COCCC(NC(=O)C1(N)CCCC(C)C1)C(=O)O. The molecule has 0 aromatic heterocycles. The molecule has 1 aliphatic carbocycles. The lowest BCUT2D eigenvalue weighted by atomic mass is 9.76. The summed E-state index contributed by atoms with van der Waals surface area (Å²) in [6.45, 7) is 2.35. The molecule has 3 unspecified atom stereocenters. The normalized spacial score (nSPS) is 28.7. The number of methoxy groups -OCH3 is 1. The predicted octanol–water partition coefficient (Wildman–Crippen LogP) is 0.500.